The number of hydrogen-bond acceptors (Lipinski definition) is 1. The molecule has 0 saturated carbocycles. The number of nitrogens with one attached hydrogen (secondary N) is 1. The Morgan fingerprint density at radius 3 is 2.55 bits per heavy atom. The van der Waals surface area contributed by atoms with Crippen LogP contribution in [0, 0.1) is 0 Å². The van der Waals surface area contributed by atoms with Gasteiger partial charge in [0.1, 0.15) is 0 Å². The summed E-state index contributed by atoms with van der Waals surface area (Å²) in [6.07, 6.45) is 5.01. The Bertz CT molecular complexity index is 194. The van der Waals surface area contributed by atoms with Crippen molar-refractivity contribution in [1.82, 2.24) is 5.32 Å². The first-order valence-corrected chi connectivity index (χ1v) is 3.18. The molecule has 0 unspecified atom stereocenters. The lowest BCUT2D eigenvalue weighted by Crippen LogP contribution is -2.30. The van der Waals surface area contributed by atoms with Gasteiger partial charge in [0.25, 0.3) is 0 Å². The zero-order valence-corrected chi connectivity index (χ0v) is 6.34. The molecular formula is C8H12N2O. The third-order valence-corrected chi connectivity index (χ3v) is 1.06. The number of carbonyl (C=O) groups is 1. The van der Waals surface area contributed by atoms with Crippen LogP contribution >= 0.6 is 0 Å². The highest BCUT2D eigenvalue weighted by Crippen LogP contribution is 1.92. The van der Waals surface area contributed by atoms with Crippen LogP contribution in [-0.2, 0) is 0 Å². The third kappa shape index (κ3) is 4.96. The predicted molar refractivity (Wildman–Crippen MR) is 46.1 cm³/mol. The highest BCUT2D eigenvalue weighted by atomic mass is 16.2. The summed E-state index contributed by atoms with van der Waals surface area (Å²) in [6, 6.07) is -0.540. The Labute approximate surface area is 66.3 Å². The van der Waals surface area contributed by atoms with Gasteiger partial charge in [0, 0.05) is 6.54 Å². The topological polar surface area (TPSA) is 55.1 Å². The van der Waals surface area contributed by atoms with Gasteiger partial charge < -0.3 is 11.1 Å². The molecule has 0 spiro atoms. The first-order chi connectivity index (χ1) is 5.20. The van der Waals surface area contributed by atoms with Gasteiger partial charge in [0.05, 0.1) is 0 Å². The lowest BCUT2D eigenvalue weighted by Gasteiger charge is -2.00. The maximum atomic E-state index is 10.2. The molecule has 3 heteroatoms. The minimum Gasteiger partial charge on any atom is -0.352 e. The van der Waals surface area contributed by atoms with E-state index in [1.807, 2.05) is 0 Å². The summed E-state index contributed by atoms with van der Waals surface area (Å²) in [5, 5.41) is 2.43. The van der Waals surface area contributed by atoms with E-state index in [9.17, 15) is 4.79 Å². The molecule has 0 atom stereocenters. The van der Waals surface area contributed by atoms with Gasteiger partial charge in [0.15, 0.2) is 0 Å². The van der Waals surface area contributed by atoms with Crippen LogP contribution in [-0.4, -0.2) is 12.6 Å². The molecule has 0 aromatic carbocycles. The summed E-state index contributed by atoms with van der Waals surface area (Å²) in [7, 11) is 0. The first kappa shape index (κ1) is 9.49. The van der Waals surface area contributed by atoms with E-state index in [0.717, 1.165) is 5.57 Å². The highest BCUT2D eigenvalue weighted by molar-refractivity contribution is 5.72. The van der Waals surface area contributed by atoms with E-state index < -0.39 is 6.03 Å². The minimum atomic E-state index is -0.540. The van der Waals surface area contributed by atoms with E-state index >= 15 is 0 Å². The highest BCUT2D eigenvalue weighted by Gasteiger charge is 1.91. The number of carbonyl (C=O) groups excluding carboxylic acids is 1. The van der Waals surface area contributed by atoms with E-state index in [-0.39, 0.29) is 0 Å². The van der Waals surface area contributed by atoms with Gasteiger partial charge in [-0.05, 0) is 5.57 Å². The number of urea groups is 1. The molecule has 0 fully saturated rings. The van der Waals surface area contributed by atoms with Crippen LogP contribution in [0.4, 0.5) is 4.79 Å². The Morgan fingerprint density at radius 2 is 2.18 bits per heavy atom. The zero-order valence-electron chi connectivity index (χ0n) is 6.34. The largest absolute Gasteiger partial charge is 0.352 e. The van der Waals surface area contributed by atoms with Crippen LogP contribution in [0.25, 0.3) is 0 Å². The molecule has 0 aromatic heterocycles. The van der Waals surface area contributed by atoms with Crippen molar-refractivity contribution in [3.63, 3.8) is 0 Å². The van der Waals surface area contributed by atoms with Crippen molar-refractivity contribution in [3.05, 3.63) is 37.0 Å². The summed E-state index contributed by atoms with van der Waals surface area (Å²) >= 11 is 0. The molecule has 0 saturated heterocycles. The van der Waals surface area contributed by atoms with Gasteiger partial charge in [-0.2, -0.15) is 0 Å². The quantitative estimate of drug-likeness (QED) is 0.579. The predicted octanol–water partition coefficient (Wildman–Crippen LogP) is 0.953. The molecule has 2 amide bonds. The average Bonchev–Trinajstić information content (AvgIpc) is 1.97. The van der Waals surface area contributed by atoms with Gasteiger partial charge in [-0.1, -0.05) is 31.4 Å². The number of primary amides is 1. The van der Waals surface area contributed by atoms with E-state index in [1.165, 1.54) is 0 Å². The smallest absolute Gasteiger partial charge is 0.312 e. The van der Waals surface area contributed by atoms with Crippen molar-refractivity contribution in [2.24, 2.45) is 5.73 Å². The number of hydrogen-bond donors (Lipinski definition) is 2. The van der Waals surface area contributed by atoms with Crippen LogP contribution in [0.15, 0.2) is 37.0 Å². The Kier molecular flexibility index (Phi) is 4.56. The Balaban J connectivity index is 3.88. The van der Waals surface area contributed by atoms with Crippen LogP contribution < -0.4 is 11.1 Å². The number of amides is 2. The first-order valence-electron chi connectivity index (χ1n) is 3.18. The second-order valence-electron chi connectivity index (χ2n) is 1.90. The van der Waals surface area contributed by atoms with Gasteiger partial charge in [0.2, 0.25) is 0 Å². The average molecular weight is 152 g/mol. The van der Waals surface area contributed by atoms with Gasteiger partial charge in [-0.3, -0.25) is 0 Å². The summed E-state index contributed by atoms with van der Waals surface area (Å²) in [6.45, 7) is 7.45. The molecule has 3 nitrogen and oxygen atoms in total. The molecule has 11 heavy (non-hydrogen) atoms. The van der Waals surface area contributed by atoms with E-state index in [4.69, 9.17) is 5.73 Å². The van der Waals surface area contributed by atoms with Gasteiger partial charge in [-0.15, -0.1) is 0 Å². The molecule has 0 heterocycles. The monoisotopic (exact) mass is 152 g/mol. The van der Waals surface area contributed by atoms with E-state index in [2.05, 4.69) is 18.5 Å². The van der Waals surface area contributed by atoms with E-state index in [0.29, 0.717) is 6.54 Å². The summed E-state index contributed by atoms with van der Waals surface area (Å²) in [5.74, 6) is 0. The summed E-state index contributed by atoms with van der Waals surface area (Å²) in [5.41, 5.74) is 5.73. The fraction of sp³-hybridized carbons (Fsp3) is 0.125. The van der Waals surface area contributed by atoms with Crippen molar-refractivity contribution < 1.29 is 4.79 Å². The fourth-order valence-corrected chi connectivity index (χ4v) is 0.540. The van der Waals surface area contributed by atoms with Crippen molar-refractivity contribution in [2.45, 2.75) is 0 Å². The second kappa shape index (κ2) is 5.29. The van der Waals surface area contributed by atoms with E-state index in [1.54, 1.807) is 18.2 Å². The fourth-order valence-electron chi connectivity index (χ4n) is 0.540. The van der Waals surface area contributed by atoms with Crippen LogP contribution in [0.5, 0.6) is 0 Å². The molecule has 0 aliphatic rings. The van der Waals surface area contributed by atoms with Gasteiger partial charge in [-0.25, -0.2) is 4.79 Å². The molecule has 60 valence electrons. The Hall–Kier alpha value is -1.51. The maximum Gasteiger partial charge on any atom is 0.312 e. The summed E-state index contributed by atoms with van der Waals surface area (Å²) in [4.78, 5) is 10.2. The SMILES string of the molecule is C=C/C=C(\C=C)CNC(N)=O. The van der Waals surface area contributed by atoms with Crippen LogP contribution in [0.1, 0.15) is 0 Å². The zero-order chi connectivity index (χ0) is 8.69. The lowest BCUT2D eigenvalue weighted by molar-refractivity contribution is 0.250. The Morgan fingerprint density at radius 1 is 1.55 bits per heavy atom. The third-order valence-electron chi connectivity index (χ3n) is 1.06. The molecule has 0 rings (SSSR count). The maximum absolute atomic E-state index is 10.2. The molecule has 0 radical (unpaired) electrons. The molecule has 0 aliphatic heterocycles. The number of rotatable bonds is 4. The molecule has 0 aromatic rings. The van der Waals surface area contributed by atoms with Crippen LogP contribution in [0.2, 0.25) is 0 Å². The molecule has 0 bridgehead atoms. The van der Waals surface area contributed by atoms with Crippen molar-refractivity contribution in [1.29, 1.82) is 0 Å². The molecule has 3 N–H and O–H groups in total. The van der Waals surface area contributed by atoms with Gasteiger partial charge >= 0.3 is 6.03 Å². The van der Waals surface area contributed by atoms with Crippen molar-refractivity contribution in [2.75, 3.05) is 6.54 Å². The van der Waals surface area contributed by atoms with Crippen molar-refractivity contribution >= 4 is 6.03 Å². The van der Waals surface area contributed by atoms with Crippen LogP contribution in [0.3, 0.4) is 0 Å². The second-order valence-corrected chi connectivity index (χ2v) is 1.90. The summed E-state index contributed by atoms with van der Waals surface area (Å²) < 4.78 is 0. The standard InChI is InChI=1S/C8H12N2O/c1-3-5-7(4-2)6-10-8(9)11/h3-5H,1-2,6H2,(H3,9,10,11)/b7-5+. The van der Waals surface area contributed by atoms with Crippen molar-refractivity contribution in [3.8, 4) is 0 Å². The molecular weight excluding hydrogens is 140 g/mol. The lowest BCUT2D eigenvalue weighted by atomic mass is 10.2. The number of nitrogens with two attached hydrogens (primary N) is 1. The normalized spacial score (nSPS) is 10.4. The molecule has 0 aliphatic carbocycles. The minimum absolute atomic E-state index is 0.394. The number of allylic oxidation sites excluding steroid dienone is 2.